The number of nitrogens with two attached hydrogens (primary N) is 1. The third kappa shape index (κ3) is 14.2. The number of unbranched alkanes of at least 4 members (excludes halogenated alkanes) is 16. The lowest BCUT2D eigenvalue weighted by Crippen LogP contribution is -2.12. The molecular formula is C28H53NO. The zero-order valence-corrected chi connectivity index (χ0v) is 20.6. The Bertz CT molecular complexity index is 499. The Labute approximate surface area is 188 Å². The van der Waals surface area contributed by atoms with Gasteiger partial charge in [-0.1, -0.05) is 134 Å². The molecule has 4 N–H and O–H groups in total. The summed E-state index contributed by atoms with van der Waals surface area (Å²) in [7, 11) is 0. The number of aryl methyl sites for hydroxylation is 1. The second-order valence-electron chi connectivity index (χ2n) is 9.34. The zero-order valence-electron chi connectivity index (χ0n) is 20.6. The Kier molecular flexibility index (Phi) is 19.5. The van der Waals surface area contributed by atoms with Crippen LogP contribution in [0.5, 0.6) is 0 Å². The lowest BCUT2D eigenvalue weighted by atomic mass is 9.94. The average Bonchev–Trinajstić information content (AvgIpc) is 2.72. The van der Waals surface area contributed by atoms with E-state index in [4.69, 9.17) is 5.73 Å². The minimum atomic E-state index is 0. The van der Waals surface area contributed by atoms with Gasteiger partial charge in [-0.3, -0.25) is 0 Å². The fourth-order valence-electron chi connectivity index (χ4n) is 4.42. The van der Waals surface area contributed by atoms with E-state index in [1.54, 1.807) is 0 Å². The first-order chi connectivity index (χ1) is 14.2. The van der Waals surface area contributed by atoms with Crippen molar-refractivity contribution in [1.29, 1.82) is 0 Å². The van der Waals surface area contributed by atoms with Gasteiger partial charge in [0.25, 0.3) is 0 Å². The van der Waals surface area contributed by atoms with Crippen molar-refractivity contribution in [2.75, 3.05) is 0 Å². The first kappa shape index (κ1) is 29.1. The van der Waals surface area contributed by atoms with Gasteiger partial charge in [0.1, 0.15) is 0 Å². The van der Waals surface area contributed by atoms with E-state index in [0.717, 1.165) is 6.42 Å². The second-order valence-corrected chi connectivity index (χ2v) is 9.34. The zero-order chi connectivity index (χ0) is 21.2. The molecule has 2 heteroatoms. The van der Waals surface area contributed by atoms with Gasteiger partial charge >= 0.3 is 0 Å². The van der Waals surface area contributed by atoms with Crippen molar-refractivity contribution in [3.05, 3.63) is 34.9 Å². The van der Waals surface area contributed by atoms with Crippen LogP contribution in [0.4, 0.5) is 0 Å². The number of benzene rings is 1. The van der Waals surface area contributed by atoms with Gasteiger partial charge in [-0.25, -0.2) is 0 Å². The summed E-state index contributed by atoms with van der Waals surface area (Å²) in [4.78, 5) is 0. The molecule has 0 aliphatic rings. The molecule has 0 amide bonds. The molecule has 0 spiro atoms. The third-order valence-electron chi connectivity index (χ3n) is 6.66. The molecule has 0 aromatic heterocycles. The van der Waals surface area contributed by atoms with Crippen LogP contribution >= 0.6 is 0 Å². The summed E-state index contributed by atoms with van der Waals surface area (Å²) in [6, 6.07) is 6.75. The smallest absolute Gasteiger partial charge is 0.0297 e. The van der Waals surface area contributed by atoms with Crippen LogP contribution < -0.4 is 5.73 Å². The topological polar surface area (TPSA) is 57.5 Å². The third-order valence-corrected chi connectivity index (χ3v) is 6.66. The predicted octanol–water partition coefficient (Wildman–Crippen LogP) is 8.52. The number of hydrogen-bond acceptors (Lipinski definition) is 1. The van der Waals surface area contributed by atoms with Crippen molar-refractivity contribution in [2.45, 2.75) is 142 Å². The molecular weight excluding hydrogens is 366 g/mol. The molecule has 1 rings (SSSR count). The Morgan fingerprint density at radius 1 is 0.633 bits per heavy atom. The van der Waals surface area contributed by atoms with E-state index in [1.807, 2.05) is 0 Å². The molecule has 176 valence electrons. The van der Waals surface area contributed by atoms with E-state index in [2.05, 4.69) is 39.0 Å². The first-order valence-corrected chi connectivity index (χ1v) is 13.0. The van der Waals surface area contributed by atoms with Gasteiger partial charge in [0.05, 0.1) is 0 Å². The minimum Gasteiger partial charge on any atom is -0.412 e. The summed E-state index contributed by atoms with van der Waals surface area (Å²) in [6.07, 6.45) is 25.4. The van der Waals surface area contributed by atoms with E-state index in [-0.39, 0.29) is 11.5 Å². The van der Waals surface area contributed by atoms with Crippen molar-refractivity contribution < 1.29 is 5.48 Å². The molecule has 1 aromatic rings. The molecule has 2 nitrogen and oxygen atoms in total. The SMILES string of the molecule is CCCCCCCCCCCCCCCCCCCC(N)c1cccc(C)c1C.O. The van der Waals surface area contributed by atoms with Gasteiger partial charge in [0.2, 0.25) is 0 Å². The van der Waals surface area contributed by atoms with Crippen LogP contribution in [0, 0.1) is 13.8 Å². The monoisotopic (exact) mass is 419 g/mol. The first-order valence-electron chi connectivity index (χ1n) is 13.0. The van der Waals surface area contributed by atoms with Gasteiger partial charge in [-0.2, -0.15) is 0 Å². The fraction of sp³-hybridized carbons (Fsp3) is 0.786. The van der Waals surface area contributed by atoms with Gasteiger partial charge in [0.15, 0.2) is 0 Å². The highest BCUT2D eigenvalue weighted by molar-refractivity contribution is 5.35. The standard InChI is InChI=1S/C28H51N.H2O/c1-4-5-6-7-8-9-10-11-12-13-14-15-16-17-18-19-20-24-28(29)27-23-21-22-25(2)26(27)3;/h21-23,28H,4-20,24,29H2,1-3H3;1H2. The maximum Gasteiger partial charge on any atom is 0.0297 e. The molecule has 1 atom stereocenters. The molecule has 0 bridgehead atoms. The molecule has 0 aliphatic carbocycles. The van der Waals surface area contributed by atoms with Crippen molar-refractivity contribution in [1.82, 2.24) is 0 Å². The summed E-state index contributed by atoms with van der Waals surface area (Å²) in [5.74, 6) is 0. The van der Waals surface area contributed by atoms with Crippen LogP contribution in [0.3, 0.4) is 0 Å². The van der Waals surface area contributed by atoms with E-state index in [0.29, 0.717) is 0 Å². The molecule has 1 unspecified atom stereocenters. The van der Waals surface area contributed by atoms with Crippen molar-refractivity contribution >= 4 is 0 Å². The predicted molar refractivity (Wildman–Crippen MR) is 135 cm³/mol. The lowest BCUT2D eigenvalue weighted by molar-refractivity contribution is 0.516. The van der Waals surface area contributed by atoms with Gasteiger partial charge < -0.3 is 11.2 Å². The Hall–Kier alpha value is -0.860. The van der Waals surface area contributed by atoms with Crippen LogP contribution in [0.25, 0.3) is 0 Å². The summed E-state index contributed by atoms with van der Waals surface area (Å²) in [5, 5.41) is 0. The van der Waals surface area contributed by atoms with Crippen LogP contribution in [0.1, 0.15) is 145 Å². The van der Waals surface area contributed by atoms with Crippen molar-refractivity contribution in [3.8, 4) is 0 Å². The van der Waals surface area contributed by atoms with Gasteiger partial charge in [-0.15, -0.1) is 0 Å². The van der Waals surface area contributed by atoms with E-state index < -0.39 is 0 Å². The maximum atomic E-state index is 6.43. The highest BCUT2D eigenvalue weighted by Gasteiger charge is 2.09. The van der Waals surface area contributed by atoms with Crippen LogP contribution in [-0.4, -0.2) is 5.48 Å². The molecule has 0 heterocycles. The quantitative estimate of drug-likeness (QED) is 0.224. The molecule has 0 saturated heterocycles. The largest absolute Gasteiger partial charge is 0.412 e. The van der Waals surface area contributed by atoms with Crippen molar-refractivity contribution in [3.63, 3.8) is 0 Å². The van der Waals surface area contributed by atoms with Crippen molar-refractivity contribution in [2.24, 2.45) is 5.73 Å². The highest BCUT2D eigenvalue weighted by atomic mass is 16.0. The van der Waals surface area contributed by atoms with Crippen LogP contribution in [0.2, 0.25) is 0 Å². The summed E-state index contributed by atoms with van der Waals surface area (Å²) in [5.41, 5.74) is 10.5. The lowest BCUT2D eigenvalue weighted by Gasteiger charge is -2.16. The molecule has 1 aromatic carbocycles. The molecule has 0 saturated carbocycles. The minimum absolute atomic E-state index is 0. The number of hydrogen-bond donors (Lipinski definition) is 1. The summed E-state index contributed by atoms with van der Waals surface area (Å²) >= 11 is 0. The molecule has 0 radical (unpaired) electrons. The van der Waals surface area contributed by atoms with Gasteiger partial charge in [-0.05, 0) is 37.0 Å². The number of rotatable bonds is 19. The highest BCUT2D eigenvalue weighted by Crippen LogP contribution is 2.23. The molecule has 30 heavy (non-hydrogen) atoms. The van der Waals surface area contributed by atoms with E-state index >= 15 is 0 Å². The molecule has 0 fully saturated rings. The van der Waals surface area contributed by atoms with Gasteiger partial charge in [0, 0.05) is 6.04 Å². The van der Waals surface area contributed by atoms with Crippen LogP contribution in [-0.2, 0) is 0 Å². The summed E-state index contributed by atoms with van der Waals surface area (Å²) < 4.78 is 0. The Balaban J connectivity index is 0.00000841. The second kappa shape index (κ2) is 20.1. The van der Waals surface area contributed by atoms with E-state index in [9.17, 15) is 0 Å². The summed E-state index contributed by atoms with van der Waals surface area (Å²) in [6.45, 7) is 6.69. The maximum absolute atomic E-state index is 6.43. The average molecular weight is 420 g/mol. The molecule has 0 aliphatic heterocycles. The Morgan fingerprint density at radius 3 is 1.47 bits per heavy atom. The Morgan fingerprint density at radius 2 is 1.03 bits per heavy atom. The normalized spacial score (nSPS) is 12.0. The fourth-order valence-corrected chi connectivity index (χ4v) is 4.42. The van der Waals surface area contributed by atoms with E-state index in [1.165, 1.54) is 126 Å². The van der Waals surface area contributed by atoms with Crippen LogP contribution in [0.15, 0.2) is 18.2 Å².